The number of carbonyl (C=O) groups excluding carboxylic acids is 3. The maximum absolute atomic E-state index is 13.8. The quantitative estimate of drug-likeness (QED) is 0.137. The summed E-state index contributed by atoms with van der Waals surface area (Å²) in [5.74, 6) is 1.92. The van der Waals surface area contributed by atoms with Crippen LogP contribution in [0.1, 0.15) is 95.8 Å². The third kappa shape index (κ3) is 7.59. The number of carbonyl (C=O) groups is 3. The van der Waals surface area contributed by atoms with Crippen LogP contribution in [0.3, 0.4) is 0 Å². The third-order valence-electron chi connectivity index (χ3n) is 11.9. The van der Waals surface area contributed by atoms with Crippen LogP contribution in [-0.4, -0.2) is 84.2 Å². The van der Waals surface area contributed by atoms with Crippen molar-refractivity contribution >= 4 is 29.0 Å². The zero-order chi connectivity index (χ0) is 42.6. The molecule has 3 N–H and O–H groups in total. The van der Waals surface area contributed by atoms with Gasteiger partial charge >= 0.3 is 12.2 Å². The Morgan fingerprint density at radius 3 is 2.13 bits per heavy atom. The molecule has 316 valence electrons. The number of imidazole rings is 2. The Bertz CT molecular complexity index is 2600. The fourth-order valence-electron chi connectivity index (χ4n) is 8.96. The maximum atomic E-state index is 13.8. The van der Waals surface area contributed by atoms with Crippen LogP contribution in [-0.2, 0) is 14.3 Å². The second-order valence-corrected chi connectivity index (χ2v) is 17.5. The first-order valence-electron chi connectivity index (χ1n) is 21.1. The molecule has 0 radical (unpaired) electrons. The number of H-pyrrole nitrogens is 2. The number of aromatic nitrogens is 5. The zero-order valence-corrected chi connectivity index (χ0v) is 35.4. The van der Waals surface area contributed by atoms with E-state index in [0.717, 1.165) is 87.5 Å². The predicted octanol–water partition coefficient (Wildman–Crippen LogP) is 9.14. The number of benzene rings is 3. The number of nitrogens with zero attached hydrogens (tertiary/aromatic N) is 5. The fraction of sp³-hybridized carbons (Fsp3) is 0.383. The van der Waals surface area contributed by atoms with Gasteiger partial charge in [0, 0.05) is 40.7 Å². The van der Waals surface area contributed by atoms with Crippen molar-refractivity contribution in [3.8, 4) is 39.5 Å². The predicted molar refractivity (Wildman–Crippen MR) is 231 cm³/mol. The minimum Gasteiger partial charge on any atom is -0.465 e. The van der Waals surface area contributed by atoms with E-state index in [4.69, 9.17) is 24.2 Å². The van der Waals surface area contributed by atoms with E-state index in [0.29, 0.717) is 18.9 Å². The van der Waals surface area contributed by atoms with Gasteiger partial charge in [-0.25, -0.2) is 19.6 Å². The summed E-state index contributed by atoms with van der Waals surface area (Å²) in [6.07, 6.45) is 5.57. The monoisotopic (exact) mass is 824 g/mol. The highest BCUT2D eigenvalue weighted by Crippen LogP contribution is 2.46. The van der Waals surface area contributed by atoms with Crippen molar-refractivity contribution in [1.82, 2.24) is 39.6 Å². The normalized spacial score (nSPS) is 19.1. The molecule has 0 bridgehead atoms. The molecule has 3 aromatic heterocycles. The molecule has 9 rings (SSSR count). The number of likely N-dealkylation sites (tertiary alicyclic amines) is 2. The second-order valence-electron chi connectivity index (χ2n) is 17.5. The molecular weight excluding hydrogens is 773 g/mol. The molecule has 6 heterocycles. The lowest BCUT2D eigenvalue weighted by Crippen LogP contribution is -2.51. The molecule has 6 aromatic rings. The number of fused-ring (bicyclic) bond motifs is 5. The molecule has 0 unspecified atom stereocenters. The van der Waals surface area contributed by atoms with Crippen LogP contribution in [0.2, 0.25) is 0 Å². The molecule has 2 saturated heterocycles. The number of rotatable bonds is 8. The van der Waals surface area contributed by atoms with Gasteiger partial charge in [-0.15, -0.1) is 0 Å². The van der Waals surface area contributed by atoms with Crippen molar-refractivity contribution in [2.24, 2.45) is 5.92 Å². The van der Waals surface area contributed by atoms with E-state index in [1.54, 1.807) is 4.90 Å². The molecule has 3 aromatic carbocycles. The summed E-state index contributed by atoms with van der Waals surface area (Å²) < 4.78 is 19.7. The zero-order valence-electron chi connectivity index (χ0n) is 35.4. The van der Waals surface area contributed by atoms with Crippen molar-refractivity contribution in [3.63, 3.8) is 0 Å². The lowest BCUT2D eigenvalue weighted by molar-refractivity contribution is -0.135. The number of amides is 3. The minimum atomic E-state index is -0.710. The van der Waals surface area contributed by atoms with E-state index in [1.807, 2.05) is 70.1 Å². The molecule has 0 saturated carbocycles. The molecule has 3 aliphatic heterocycles. The average molecular weight is 825 g/mol. The standard InChI is InChI=1S/C47H52N8O6/c1-27(2)40(52-45(57)59-6)43(56)53-20-10-14-36(53)41-48-26-34(51-41)30-16-18-32-38-23-31-22-29(17-19-35(31)55(38)44(60-39(32)24-30)28-12-8-7-9-13-28)33-25-49-42(50-33)37-15-11-21-54(37)46(58)61-47(3,4)5/h7-9,12-13,16-19,22-27,36-37,40,44H,10-11,14-15,20-21H2,1-6H3,(H,48,51)(H,49,50)(H,52,57)/t36-,37-,40-,44-/m0/s1. The number of hydrogen-bond acceptors (Lipinski definition) is 8. The number of hydrogen-bond donors (Lipinski definition) is 3. The van der Waals surface area contributed by atoms with Crippen LogP contribution in [0, 0.1) is 5.92 Å². The van der Waals surface area contributed by atoms with Gasteiger partial charge in [-0.3, -0.25) is 9.69 Å². The Morgan fingerprint density at radius 1 is 0.836 bits per heavy atom. The highest BCUT2D eigenvalue weighted by atomic mass is 16.6. The van der Waals surface area contributed by atoms with Crippen molar-refractivity contribution in [2.75, 3.05) is 20.2 Å². The van der Waals surface area contributed by atoms with E-state index < -0.39 is 24.0 Å². The molecule has 3 aliphatic rings. The first kappa shape index (κ1) is 39.9. The maximum Gasteiger partial charge on any atom is 0.410 e. The number of alkyl carbamates (subject to hydrolysis) is 1. The van der Waals surface area contributed by atoms with Crippen molar-refractivity contribution < 1.29 is 28.6 Å². The number of aromatic amines is 2. The Kier molecular flexibility index (Phi) is 10.3. The number of ether oxygens (including phenoxy) is 3. The van der Waals surface area contributed by atoms with Gasteiger partial charge in [-0.1, -0.05) is 56.3 Å². The summed E-state index contributed by atoms with van der Waals surface area (Å²) in [6.45, 7) is 10.7. The second kappa shape index (κ2) is 15.8. The van der Waals surface area contributed by atoms with E-state index in [-0.39, 0.29) is 30.0 Å². The van der Waals surface area contributed by atoms with Crippen LogP contribution < -0.4 is 10.1 Å². The molecule has 2 fully saturated rings. The summed E-state index contributed by atoms with van der Waals surface area (Å²) in [5, 5.41) is 3.77. The van der Waals surface area contributed by atoms with Gasteiger partial charge in [0.25, 0.3) is 0 Å². The van der Waals surface area contributed by atoms with Crippen LogP contribution in [0.5, 0.6) is 5.75 Å². The molecule has 14 nitrogen and oxygen atoms in total. The SMILES string of the molecule is COC(=O)N[C@H](C(=O)N1CCC[C@H]1c1ncc(-c2ccc3c(c2)O[C@@H](c2ccccc2)n2c-3cc3cc(-c4cnc([C@@H]5CCCN5C(=O)OC(C)(C)C)[nH]4)ccc32)[nH]1)C(C)C. The Labute approximate surface area is 354 Å². The topological polar surface area (TPSA) is 160 Å². The van der Waals surface area contributed by atoms with Crippen molar-refractivity contribution in [2.45, 2.75) is 90.3 Å². The lowest BCUT2D eigenvalue weighted by atomic mass is 10.0. The summed E-state index contributed by atoms with van der Waals surface area (Å²) >= 11 is 0. The molecule has 61 heavy (non-hydrogen) atoms. The van der Waals surface area contributed by atoms with Gasteiger partial charge in [0.05, 0.1) is 54.2 Å². The first-order chi connectivity index (χ1) is 29.4. The summed E-state index contributed by atoms with van der Waals surface area (Å²) in [7, 11) is 1.29. The lowest BCUT2D eigenvalue weighted by Gasteiger charge is -2.30. The van der Waals surface area contributed by atoms with Crippen molar-refractivity contribution in [3.05, 3.63) is 102 Å². The van der Waals surface area contributed by atoms with Gasteiger partial charge in [-0.2, -0.15) is 0 Å². The van der Waals surface area contributed by atoms with Crippen LogP contribution >= 0.6 is 0 Å². The minimum absolute atomic E-state index is 0.123. The van der Waals surface area contributed by atoms with E-state index in [1.165, 1.54) is 7.11 Å². The number of methoxy groups -OCH3 is 1. The first-order valence-corrected chi connectivity index (χ1v) is 21.1. The van der Waals surface area contributed by atoms with Gasteiger partial charge < -0.3 is 39.0 Å². The molecule has 0 aliphatic carbocycles. The molecule has 0 spiro atoms. The highest BCUT2D eigenvalue weighted by Gasteiger charge is 2.38. The van der Waals surface area contributed by atoms with Crippen LogP contribution in [0.15, 0.2) is 85.2 Å². The Balaban J connectivity index is 1.01. The molecule has 4 atom stereocenters. The largest absolute Gasteiger partial charge is 0.465 e. The van der Waals surface area contributed by atoms with Gasteiger partial charge in [-0.05, 0) is 82.7 Å². The van der Waals surface area contributed by atoms with Gasteiger partial charge in [0.2, 0.25) is 12.1 Å². The van der Waals surface area contributed by atoms with Crippen LogP contribution in [0.25, 0.3) is 44.7 Å². The Morgan fingerprint density at radius 2 is 1.48 bits per heavy atom. The average Bonchev–Trinajstić information content (AvgIpc) is 4.10. The summed E-state index contributed by atoms with van der Waals surface area (Å²) in [6, 6.07) is 23.9. The van der Waals surface area contributed by atoms with E-state index in [9.17, 15) is 14.4 Å². The van der Waals surface area contributed by atoms with Crippen molar-refractivity contribution in [1.29, 1.82) is 0 Å². The van der Waals surface area contributed by atoms with Gasteiger partial charge in [0.1, 0.15) is 29.0 Å². The Hall–Kier alpha value is -6.57. The smallest absolute Gasteiger partial charge is 0.410 e. The summed E-state index contributed by atoms with van der Waals surface area (Å²) in [5.41, 5.74) is 7.05. The molecule has 3 amide bonds. The number of nitrogens with one attached hydrogen (secondary N) is 3. The van der Waals surface area contributed by atoms with E-state index in [2.05, 4.69) is 74.4 Å². The van der Waals surface area contributed by atoms with Gasteiger partial charge in [0.15, 0.2) is 0 Å². The highest BCUT2D eigenvalue weighted by molar-refractivity contribution is 5.92. The molecular formula is C47H52N8O6. The summed E-state index contributed by atoms with van der Waals surface area (Å²) in [4.78, 5) is 59.0. The molecule has 14 heteroatoms. The fourth-order valence-corrected chi connectivity index (χ4v) is 8.96. The van der Waals surface area contributed by atoms with Crippen LogP contribution in [0.4, 0.5) is 9.59 Å². The van der Waals surface area contributed by atoms with E-state index >= 15 is 0 Å². The third-order valence-corrected chi connectivity index (χ3v) is 11.9.